The van der Waals surface area contributed by atoms with Gasteiger partial charge in [0.05, 0.1) is 6.54 Å². The highest BCUT2D eigenvalue weighted by Gasteiger charge is 2.25. The van der Waals surface area contributed by atoms with Crippen LogP contribution in [0, 0.1) is 5.92 Å². The zero-order valence-corrected chi connectivity index (χ0v) is 12.5. The average molecular weight is 265 g/mol. The molecular weight excluding hydrogens is 238 g/mol. The molecule has 1 fully saturated rings. The zero-order valence-electron chi connectivity index (χ0n) is 12.5. The van der Waals surface area contributed by atoms with Gasteiger partial charge in [-0.3, -0.25) is 0 Å². The fourth-order valence-corrected chi connectivity index (χ4v) is 2.74. The molecule has 1 heterocycles. The smallest absolute Gasteiger partial charge is 0.240 e. The number of hydrogen-bond donors (Lipinski definition) is 1. The van der Waals surface area contributed by atoms with Gasteiger partial charge in [0.2, 0.25) is 5.89 Å². The maximum Gasteiger partial charge on any atom is 0.240 e. The van der Waals surface area contributed by atoms with E-state index < -0.39 is 0 Å². The lowest BCUT2D eigenvalue weighted by Crippen LogP contribution is -2.24. The second kappa shape index (κ2) is 7.04. The maximum absolute atomic E-state index is 5.34. The third-order valence-electron chi connectivity index (χ3n) is 4.49. The fraction of sp³-hybridized carbons (Fsp3) is 0.867. The second-order valence-electron chi connectivity index (χ2n) is 5.86. The van der Waals surface area contributed by atoms with Crippen LogP contribution < -0.4 is 5.32 Å². The molecule has 0 aliphatic heterocycles. The normalized spacial score (nSPS) is 25.4. The van der Waals surface area contributed by atoms with Gasteiger partial charge < -0.3 is 9.84 Å². The van der Waals surface area contributed by atoms with Crippen LogP contribution in [0.4, 0.5) is 0 Å². The Balaban J connectivity index is 1.83. The standard InChI is InChI=1S/C15H27N3O/c1-4-11(3)16-10-14-17-15(18-19-14)13-8-6-12(5-2)7-9-13/h11-13,16H,4-10H2,1-3H3. The molecular formula is C15H27N3O. The van der Waals surface area contributed by atoms with Crippen molar-refractivity contribution < 1.29 is 4.52 Å². The van der Waals surface area contributed by atoms with Gasteiger partial charge in [-0.1, -0.05) is 25.4 Å². The predicted molar refractivity (Wildman–Crippen MR) is 75.9 cm³/mol. The van der Waals surface area contributed by atoms with Crippen molar-refractivity contribution >= 4 is 0 Å². The molecule has 4 nitrogen and oxygen atoms in total. The Morgan fingerprint density at radius 2 is 2.00 bits per heavy atom. The monoisotopic (exact) mass is 265 g/mol. The van der Waals surface area contributed by atoms with E-state index in [0.717, 1.165) is 24.1 Å². The van der Waals surface area contributed by atoms with Gasteiger partial charge in [0, 0.05) is 12.0 Å². The van der Waals surface area contributed by atoms with Crippen molar-refractivity contribution in [2.75, 3.05) is 0 Å². The summed E-state index contributed by atoms with van der Waals surface area (Å²) in [5, 5.41) is 7.55. The molecule has 1 aliphatic rings. The Morgan fingerprint density at radius 1 is 1.26 bits per heavy atom. The molecule has 1 unspecified atom stereocenters. The molecule has 1 aromatic heterocycles. The number of rotatable bonds is 6. The topological polar surface area (TPSA) is 51.0 Å². The lowest BCUT2D eigenvalue weighted by Gasteiger charge is -2.25. The summed E-state index contributed by atoms with van der Waals surface area (Å²) in [6, 6.07) is 0.496. The van der Waals surface area contributed by atoms with E-state index >= 15 is 0 Å². The van der Waals surface area contributed by atoms with Crippen LogP contribution in [-0.4, -0.2) is 16.2 Å². The first-order chi connectivity index (χ1) is 9.22. The summed E-state index contributed by atoms with van der Waals surface area (Å²) in [6.07, 6.45) is 7.49. The van der Waals surface area contributed by atoms with Crippen LogP contribution in [0.25, 0.3) is 0 Å². The molecule has 1 atom stereocenters. The van der Waals surface area contributed by atoms with Gasteiger partial charge in [0.25, 0.3) is 0 Å². The second-order valence-corrected chi connectivity index (χ2v) is 5.86. The molecule has 0 amide bonds. The number of nitrogens with zero attached hydrogens (tertiary/aromatic N) is 2. The van der Waals surface area contributed by atoms with Crippen molar-refractivity contribution in [2.24, 2.45) is 5.92 Å². The summed E-state index contributed by atoms with van der Waals surface area (Å²) < 4.78 is 5.34. The third kappa shape index (κ3) is 4.03. The lowest BCUT2D eigenvalue weighted by atomic mass is 9.80. The fourth-order valence-electron chi connectivity index (χ4n) is 2.74. The molecule has 2 rings (SSSR count). The van der Waals surface area contributed by atoms with Crippen molar-refractivity contribution in [3.8, 4) is 0 Å². The highest BCUT2D eigenvalue weighted by atomic mass is 16.5. The molecule has 4 heteroatoms. The van der Waals surface area contributed by atoms with Crippen LogP contribution in [0.15, 0.2) is 4.52 Å². The largest absolute Gasteiger partial charge is 0.338 e. The minimum Gasteiger partial charge on any atom is -0.338 e. The molecule has 0 spiro atoms. The Labute approximate surface area is 116 Å². The highest BCUT2D eigenvalue weighted by Crippen LogP contribution is 2.35. The molecule has 0 bridgehead atoms. The number of nitrogens with one attached hydrogen (secondary N) is 1. The molecule has 0 saturated heterocycles. The Hall–Kier alpha value is -0.900. The van der Waals surface area contributed by atoms with E-state index in [4.69, 9.17) is 4.52 Å². The van der Waals surface area contributed by atoms with Gasteiger partial charge in [0.15, 0.2) is 5.82 Å². The average Bonchev–Trinajstić information content (AvgIpc) is 2.93. The number of hydrogen-bond acceptors (Lipinski definition) is 4. The SMILES string of the molecule is CCC1CCC(c2noc(CNC(C)CC)n2)CC1. The first-order valence-corrected chi connectivity index (χ1v) is 7.78. The van der Waals surface area contributed by atoms with Gasteiger partial charge in [-0.25, -0.2) is 0 Å². The van der Waals surface area contributed by atoms with E-state index in [0.29, 0.717) is 18.5 Å². The van der Waals surface area contributed by atoms with E-state index in [1.165, 1.54) is 32.1 Å². The molecule has 0 radical (unpaired) electrons. The molecule has 1 aliphatic carbocycles. The molecule has 1 N–H and O–H groups in total. The van der Waals surface area contributed by atoms with Gasteiger partial charge >= 0.3 is 0 Å². The Bertz CT molecular complexity index is 369. The summed E-state index contributed by atoms with van der Waals surface area (Å²) >= 11 is 0. The van der Waals surface area contributed by atoms with Crippen LogP contribution in [-0.2, 0) is 6.54 Å². The molecule has 0 aromatic carbocycles. The molecule has 1 aromatic rings. The Kier molecular flexibility index (Phi) is 5.37. The van der Waals surface area contributed by atoms with Crippen LogP contribution in [0.2, 0.25) is 0 Å². The maximum atomic E-state index is 5.34. The van der Waals surface area contributed by atoms with Crippen LogP contribution >= 0.6 is 0 Å². The quantitative estimate of drug-likeness (QED) is 0.853. The molecule has 1 saturated carbocycles. The van der Waals surface area contributed by atoms with Crippen molar-refractivity contribution in [2.45, 2.75) is 77.8 Å². The summed E-state index contributed by atoms with van der Waals surface area (Å²) in [5.41, 5.74) is 0. The van der Waals surface area contributed by atoms with E-state index in [1.54, 1.807) is 0 Å². The van der Waals surface area contributed by atoms with Gasteiger partial charge in [-0.2, -0.15) is 4.98 Å². The highest BCUT2D eigenvalue weighted by molar-refractivity contribution is 4.97. The molecule has 19 heavy (non-hydrogen) atoms. The van der Waals surface area contributed by atoms with E-state index in [9.17, 15) is 0 Å². The van der Waals surface area contributed by atoms with Crippen molar-refractivity contribution in [3.63, 3.8) is 0 Å². The van der Waals surface area contributed by atoms with Crippen LogP contribution in [0.1, 0.15) is 76.9 Å². The first-order valence-electron chi connectivity index (χ1n) is 7.78. The first kappa shape index (κ1) is 14.5. The van der Waals surface area contributed by atoms with Crippen molar-refractivity contribution in [1.82, 2.24) is 15.5 Å². The third-order valence-corrected chi connectivity index (χ3v) is 4.49. The van der Waals surface area contributed by atoms with Crippen molar-refractivity contribution in [3.05, 3.63) is 11.7 Å². The number of aromatic nitrogens is 2. The summed E-state index contributed by atoms with van der Waals surface area (Å²) in [6.45, 7) is 7.32. The van der Waals surface area contributed by atoms with Gasteiger partial charge in [-0.05, 0) is 44.9 Å². The molecule has 108 valence electrons. The summed E-state index contributed by atoms with van der Waals surface area (Å²) in [5.74, 6) is 3.09. The van der Waals surface area contributed by atoms with E-state index in [2.05, 4.69) is 36.2 Å². The Morgan fingerprint density at radius 3 is 2.63 bits per heavy atom. The lowest BCUT2D eigenvalue weighted by molar-refractivity contribution is 0.302. The van der Waals surface area contributed by atoms with Crippen LogP contribution in [0.5, 0.6) is 0 Å². The van der Waals surface area contributed by atoms with E-state index in [1.807, 2.05) is 0 Å². The van der Waals surface area contributed by atoms with Crippen molar-refractivity contribution in [1.29, 1.82) is 0 Å². The van der Waals surface area contributed by atoms with Crippen LogP contribution in [0.3, 0.4) is 0 Å². The minimum absolute atomic E-state index is 0.496. The zero-order chi connectivity index (χ0) is 13.7. The van der Waals surface area contributed by atoms with E-state index in [-0.39, 0.29) is 0 Å². The van der Waals surface area contributed by atoms with Gasteiger partial charge in [-0.15, -0.1) is 0 Å². The summed E-state index contributed by atoms with van der Waals surface area (Å²) in [7, 11) is 0. The summed E-state index contributed by atoms with van der Waals surface area (Å²) in [4.78, 5) is 4.55. The van der Waals surface area contributed by atoms with Gasteiger partial charge in [0.1, 0.15) is 0 Å². The minimum atomic E-state index is 0.496. The predicted octanol–water partition coefficient (Wildman–Crippen LogP) is 3.64.